The van der Waals surface area contributed by atoms with E-state index in [1.807, 2.05) is 5.10 Å². The van der Waals surface area contributed by atoms with Crippen LogP contribution in [0.5, 0.6) is 0 Å². The lowest BCUT2D eigenvalue weighted by Crippen LogP contribution is -2.49. The molecule has 1 atom stereocenters. The van der Waals surface area contributed by atoms with E-state index < -0.39 is 35.1 Å². The molecule has 1 N–H and O–H groups in total. The van der Waals surface area contributed by atoms with Crippen molar-refractivity contribution in [3.05, 3.63) is 45.1 Å². The maximum absolute atomic E-state index is 13.2. The predicted octanol–water partition coefficient (Wildman–Crippen LogP) is 2.64. The van der Waals surface area contributed by atoms with Crippen LogP contribution in [0.2, 0.25) is 0 Å². The van der Waals surface area contributed by atoms with Crippen LogP contribution in [0.15, 0.2) is 17.2 Å². The molecule has 2 aromatic heterocycles. The van der Waals surface area contributed by atoms with E-state index in [1.165, 1.54) is 6.92 Å². The highest BCUT2D eigenvalue weighted by Crippen LogP contribution is 2.32. The van der Waals surface area contributed by atoms with Gasteiger partial charge in [0, 0.05) is 51.5 Å². The molecule has 2 aromatic rings. The largest absolute Gasteiger partial charge is 0.422 e. The summed E-state index contributed by atoms with van der Waals surface area (Å²) in [6, 6.07) is -0.607. The van der Waals surface area contributed by atoms with Crippen LogP contribution in [0.1, 0.15) is 41.8 Å². The number of hydrogen-bond acceptors (Lipinski definition) is 7. The Labute approximate surface area is 202 Å². The monoisotopic (exact) mass is 521 g/mol. The standard InChI is InChI=1S/C21H25F6N7O2/c1-12-16(21(25,26)27)18(36)31-30-17(12)13(2)32(3)5-4-15(35)33-6-8-34(9-7-33)19-28-10-14(11-29-19)20(22,23)24/h10-11,13H,4-9H2,1-3H3,(H,31,36). The van der Waals surface area contributed by atoms with Gasteiger partial charge in [0.1, 0.15) is 5.56 Å². The van der Waals surface area contributed by atoms with Gasteiger partial charge in [0.15, 0.2) is 0 Å². The van der Waals surface area contributed by atoms with Gasteiger partial charge in [0.05, 0.1) is 17.3 Å². The number of aromatic nitrogens is 4. The predicted molar refractivity (Wildman–Crippen MR) is 116 cm³/mol. The van der Waals surface area contributed by atoms with Gasteiger partial charge in [0.25, 0.3) is 5.56 Å². The lowest BCUT2D eigenvalue weighted by Gasteiger charge is -2.35. The van der Waals surface area contributed by atoms with E-state index in [-0.39, 0.29) is 36.1 Å². The summed E-state index contributed by atoms with van der Waals surface area (Å²) in [5.41, 5.74) is -3.76. The maximum atomic E-state index is 13.2. The Morgan fingerprint density at radius 1 is 1.08 bits per heavy atom. The number of nitrogens with zero attached hydrogens (tertiary/aromatic N) is 6. The highest BCUT2D eigenvalue weighted by Gasteiger charge is 2.38. The SMILES string of the molecule is Cc1c(C(C)N(C)CCC(=O)N2CCN(c3ncc(C(F)(F)F)cn3)CC2)n[nH]c(=O)c1C(F)(F)F. The molecule has 36 heavy (non-hydrogen) atoms. The number of anilines is 1. The van der Waals surface area contributed by atoms with Crippen LogP contribution in [-0.4, -0.2) is 75.6 Å². The van der Waals surface area contributed by atoms with Crippen LogP contribution in [0.4, 0.5) is 32.3 Å². The van der Waals surface area contributed by atoms with E-state index >= 15 is 0 Å². The number of nitrogens with one attached hydrogen (secondary N) is 1. The number of rotatable bonds is 6. The van der Waals surface area contributed by atoms with Crippen molar-refractivity contribution < 1.29 is 31.1 Å². The van der Waals surface area contributed by atoms with Crippen LogP contribution in [0.25, 0.3) is 0 Å². The number of H-pyrrole nitrogens is 1. The Morgan fingerprint density at radius 2 is 1.67 bits per heavy atom. The summed E-state index contributed by atoms with van der Waals surface area (Å²) in [4.78, 5) is 36.8. The first-order valence-corrected chi connectivity index (χ1v) is 11.0. The zero-order valence-corrected chi connectivity index (χ0v) is 19.7. The molecule has 0 aromatic carbocycles. The summed E-state index contributed by atoms with van der Waals surface area (Å²) >= 11 is 0. The summed E-state index contributed by atoms with van der Waals surface area (Å²) in [6.07, 6.45) is -7.83. The third-order valence-electron chi connectivity index (χ3n) is 6.16. The molecule has 15 heteroatoms. The van der Waals surface area contributed by atoms with Crippen molar-refractivity contribution >= 4 is 11.9 Å². The number of piperazine rings is 1. The molecule has 1 aliphatic rings. The molecule has 1 fully saturated rings. The number of carbonyl (C=O) groups excluding carboxylic acids is 1. The van der Waals surface area contributed by atoms with E-state index in [9.17, 15) is 35.9 Å². The molecule has 198 valence electrons. The smallest absolute Gasteiger partial charge is 0.339 e. The van der Waals surface area contributed by atoms with Crippen molar-refractivity contribution in [2.24, 2.45) is 0 Å². The molecule has 0 radical (unpaired) electrons. The Bertz CT molecular complexity index is 1130. The van der Waals surface area contributed by atoms with Gasteiger partial charge in [0.2, 0.25) is 11.9 Å². The van der Waals surface area contributed by atoms with Gasteiger partial charge in [-0.3, -0.25) is 14.5 Å². The second-order valence-corrected chi connectivity index (χ2v) is 8.48. The summed E-state index contributed by atoms with van der Waals surface area (Å²) in [5, 5.41) is 5.69. The van der Waals surface area contributed by atoms with Gasteiger partial charge in [-0.25, -0.2) is 15.1 Å². The van der Waals surface area contributed by atoms with Gasteiger partial charge in [-0.2, -0.15) is 31.4 Å². The van der Waals surface area contributed by atoms with E-state index in [0.29, 0.717) is 38.6 Å². The minimum atomic E-state index is -4.82. The second kappa shape index (κ2) is 10.4. The summed E-state index contributed by atoms with van der Waals surface area (Å²) in [5.74, 6) is -0.0326. The van der Waals surface area contributed by atoms with Crippen LogP contribution in [0, 0.1) is 6.92 Å². The molecule has 0 saturated carbocycles. The fraction of sp³-hybridized carbons (Fsp3) is 0.571. The zero-order valence-electron chi connectivity index (χ0n) is 19.7. The Morgan fingerprint density at radius 3 is 2.19 bits per heavy atom. The molecule has 0 bridgehead atoms. The van der Waals surface area contributed by atoms with Crippen LogP contribution in [0.3, 0.4) is 0 Å². The first-order valence-electron chi connectivity index (χ1n) is 11.0. The van der Waals surface area contributed by atoms with Gasteiger partial charge in [-0.05, 0) is 26.5 Å². The molecule has 1 amide bonds. The molecule has 1 unspecified atom stereocenters. The van der Waals surface area contributed by atoms with Crippen molar-refractivity contribution in [3.8, 4) is 0 Å². The minimum Gasteiger partial charge on any atom is -0.339 e. The summed E-state index contributed by atoms with van der Waals surface area (Å²) < 4.78 is 77.8. The third kappa shape index (κ3) is 6.12. The Kier molecular flexibility index (Phi) is 7.91. The Balaban J connectivity index is 1.54. The summed E-state index contributed by atoms with van der Waals surface area (Å²) in [6.45, 7) is 4.35. The van der Waals surface area contributed by atoms with Crippen molar-refractivity contribution in [2.45, 2.75) is 38.7 Å². The molecule has 3 heterocycles. The normalized spacial score (nSPS) is 15.9. The number of aromatic amines is 1. The Hall–Kier alpha value is -3.23. The molecule has 0 aliphatic carbocycles. The van der Waals surface area contributed by atoms with Crippen LogP contribution >= 0.6 is 0 Å². The molecule has 9 nitrogen and oxygen atoms in total. The zero-order chi connectivity index (χ0) is 26.8. The van der Waals surface area contributed by atoms with Crippen molar-refractivity contribution in [1.29, 1.82) is 0 Å². The van der Waals surface area contributed by atoms with Crippen molar-refractivity contribution in [1.82, 2.24) is 30.0 Å². The fourth-order valence-electron chi connectivity index (χ4n) is 3.92. The number of carbonyl (C=O) groups is 1. The molecular weight excluding hydrogens is 496 g/mol. The first kappa shape index (κ1) is 27.4. The average molecular weight is 521 g/mol. The molecule has 1 aliphatic heterocycles. The highest BCUT2D eigenvalue weighted by molar-refractivity contribution is 5.76. The van der Waals surface area contributed by atoms with Gasteiger partial charge in [-0.1, -0.05) is 0 Å². The number of hydrogen-bond donors (Lipinski definition) is 1. The van der Waals surface area contributed by atoms with Gasteiger partial charge >= 0.3 is 12.4 Å². The van der Waals surface area contributed by atoms with Gasteiger partial charge in [-0.15, -0.1) is 0 Å². The van der Waals surface area contributed by atoms with Crippen LogP contribution in [-0.2, 0) is 17.1 Å². The first-order chi connectivity index (χ1) is 16.7. The molecular formula is C21H25F6N7O2. The fourth-order valence-corrected chi connectivity index (χ4v) is 3.92. The topological polar surface area (TPSA) is 98.3 Å². The van der Waals surface area contributed by atoms with Crippen molar-refractivity contribution in [2.75, 3.05) is 44.7 Å². The second-order valence-electron chi connectivity index (χ2n) is 8.48. The van der Waals surface area contributed by atoms with Gasteiger partial charge < -0.3 is 9.80 Å². The molecule has 1 saturated heterocycles. The average Bonchev–Trinajstić information content (AvgIpc) is 2.81. The van der Waals surface area contributed by atoms with E-state index in [4.69, 9.17) is 0 Å². The summed E-state index contributed by atoms with van der Waals surface area (Å²) in [7, 11) is 1.64. The maximum Gasteiger partial charge on any atom is 0.422 e. The number of halogens is 6. The van der Waals surface area contributed by atoms with E-state index in [1.54, 1.807) is 28.7 Å². The van der Waals surface area contributed by atoms with Crippen LogP contribution < -0.4 is 10.5 Å². The van der Waals surface area contributed by atoms with Crippen molar-refractivity contribution in [3.63, 3.8) is 0 Å². The lowest BCUT2D eigenvalue weighted by molar-refractivity contribution is -0.139. The molecule has 0 spiro atoms. The molecule has 3 rings (SSSR count). The minimum absolute atomic E-state index is 0.0574. The number of alkyl halides is 6. The van der Waals surface area contributed by atoms with E-state index in [2.05, 4.69) is 15.1 Å². The third-order valence-corrected chi connectivity index (χ3v) is 6.16. The highest BCUT2D eigenvalue weighted by atomic mass is 19.4. The lowest BCUT2D eigenvalue weighted by atomic mass is 10.0. The number of amides is 1. The van der Waals surface area contributed by atoms with E-state index in [0.717, 1.165) is 0 Å². The quantitative estimate of drug-likeness (QED) is 0.584.